The van der Waals surface area contributed by atoms with Gasteiger partial charge in [0.05, 0.1) is 33.9 Å². The molecule has 50 heavy (non-hydrogen) atoms. The van der Waals surface area contributed by atoms with Crippen molar-refractivity contribution in [1.82, 2.24) is 9.88 Å². The molecule has 4 aromatic carbocycles. The molecule has 1 spiro atoms. The van der Waals surface area contributed by atoms with E-state index in [1.165, 1.54) is 60.8 Å². The van der Waals surface area contributed by atoms with E-state index >= 15 is 0 Å². The van der Waals surface area contributed by atoms with E-state index < -0.39 is 0 Å². The van der Waals surface area contributed by atoms with Crippen LogP contribution in [0.1, 0.15) is 55.4 Å². The summed E-state index contributed by atoms with van der Waals surface area (Å²) in [7, 11) is 0. The minimum Gasteiger partial charge on any atom is -0.373 e. The van der Waals surface area contributed by atoms with E-state index in [0.29, 0.717) is 0 Å². The van der Waals surface area contributed by atoms with Crippen LogP contribution in [0.3, 0.4) is 0 Å². The summed E-state index contributed by atoms with van der Waals surface area (Å²) in [4.78, 5) is 5.46. The van der Waals surface area contributed by atoms with E-state index in [9.17, 15) is 0 Å². The molecule has 0 amide bonds. The molecule has 1 aromatic heterocycles. The fourth-order valence-electron chi connectivity index (χ4n) is 9.60. The molecule has 5 aliphatic rings. The topological polar surface area (TPSA) is 29.3 Å². The summed E-state index contributed by atoms with van der Waals surface area (Å²) >= 11 is 0. The van der Waals surface area contributed by atoms with Crippen molar-refractivity contribution >= 4 is 33.2 Å². The van der Waals surface area contributed by atoms with E-state index in [-0.39, 0.29) is 16.9 Å². The van der Waals surface area contributed by atoms with Crippen molar-refractivity contribution in [2.75, 3.05) is 0 Å². The summed E-state index contributed by atoms with van der Waals surface area (Å²) in [6, 6.07) is 32.0. The molecular weight excluding hydrogens is 607 g/mol. The molecule has 3 nitrogen and oxygen atoms in total. The Bertz CT molecular complexity index is 2590. The van der Waals surface area contributed by atoms with Gasteiger partial charge in [0.15, 0.2) is 0 Å². The van der Waals surface area contributed by atoms with Crippen LogP contribution in [0, 0.1) is 17.8 Å². The molecule has 2 heterocycles. The Morgan fingerprint density at radius 2 is 1.64 bits per heavy atom. The van der Waals surface area contributed by atoms with E-state index in [1.54, 1.807) is 6.08 Å². The lowest BCUT2D eigenvalue weighted by Gasteiger charge is -2.40. The van der Waals surface area contributed by atoms with E-state index in [0.717, 1.165) is 42.0 Å². The molecule has 1 aliphatic heterocycles. The number of benzene rings is 4. The van der Waals surface area contributed by atoms with Gasteiger partial charge >= 0.3 is 0 Å². The molecule has 3 heteroatoms. The fourth-order valence-corrected chi connectivity index (χ4v) is 9.60. The van der Waals surface area contributed by atoms with Crippen LogP contribution >= 0.6 is 0 Å². The Balaban J connectivity index is 1.30. The molecule has 4 aliphatic carbocycles. The third-order valence-corrected chi connectivity index (χ3v) is 11.8. The lowest BCUT2D eigenvalue weighted by molar-refractivity contribution is 0.356. The predicted molar refractivity (Wildman–Crippen MR) is 208 cm³/mol. The lowest BCUT2D eigenvalue weighted by Crippen LogP contribution is -2.52. The molecule has 1 N–H and O–H groups in total. The second-order valence-corrected chi connectivity index (χ2v) is 14.5. The van der Waals surface area contributed by atoms with E-state index in [1.807, 2.05) is 6.08 Å². The Kier molecular flexibility index (Phi) is 6.15. The van der Waals surface area contributed by atoms with Gasteiger partial charge in [0.1, 0.15) is 5.84 Å². The molecule has 0 bridgehead atoms. The fraction of sp³-hybridized carbons (Fsp3) is 0.170. The van der Waals surface area contributed by atoms with Crippen molar-refractivity contribution in [3.05, 3.63) is 173 Å². The molecular formula is C47H37N3. The molecule has 0 radical (unpaired) electrons. The van der Waals surface area contributed by atoms with Crippen LogP contribution in [0.25, 0.3) is 38.5 Å². The highest BCUT2D eigenvalue weighted by molar-refractivity contribution is 6.17. The number of nitrogens with zero attached hydrogens (tertiary/aromatic N) is 2. The summed E-state index contributed by atoms with van der Waals surface area (Å²) in [5.41, 5.74) is 14.8. The van der Waals surface area contributed by atoms with Crippen LogP contribution < -0.4 is 5.32 Å². The van der Waals surface area contributed by atoms with Gasteiger partial charge in [-0.3, -0.25) is 4.57 Å². The van der Waals surface area contributed by atoms with Crippen molar-refractivity contribution in [2.45, 2.75) is 44.6 Å². The largest absolute Gasteiger partial charge is 0.373 e. The Morgan fingerprint density at radius 1 is 0.860 bits per heavy atom. The second-order valence-electron chi connectivity index (χ2n) is 14.5. The molecule has 10 rings (SSSR count). The van der Waals surface area contributed by atoms with Crippen molar-refractivity contribution in [2.24, 2.45) is 10.4 Å². The Labute approximate surface area is 293 Å². The summed E-state index contributed by atoms with van der Waals surface area (Å²) in [6.45, 7) is 4.40. The van der Waals surface area contributed by atoms with Gasteiger partial charge in [0.25, 0.3) is 0 Å². The number of aromatic nitrogens is 1. The standard InChI is InChI=1S/C47H37N3/c1-4-5-24-41-30(2)48-45(44(49-41)46(3)26-15-6-16-27-46)50-42-25-14-10-20-34(42)36-28-40-35(29-43(36)50)33-19-9-13-23-39(33)47(40)37-21-11-7-17-31(37)32-18-8-12-22-38(32)47/h1,5-7,9-17,19-26,28-29,44,49H,8,18,27H2,2-3H3/b24-5-. The van der Waals surface area contributed by atoms with Gasteiger partial charge in [0.2, 0.25) is 0 Å². The number of terminal acetylenes is 1. The number of fused-ring (bicyclic) bond motifs is 12. The average molecular weight is 644 g/mol. The summed E-state index contributed by atoms with van der Waals surface area (Å²) in [6.07, 6.45) is 26.2. The zero-order valence-electron chi connectivity index (χ0n) is 28.4. The minimum absolute atomic E-state index is 0.0995. The van der Waals surface area contributed by atoms with Gasteiger partial charge in [-0.1, -0.05) is 116 Å². The second kappa shape index (κ2) is 10.6. The van der Waals surface area contributed by atoms with Gasteiger partial charge in [0, 0.05) is 16.2 Å². The first-order valence-corrected chi connectivity index (χ1v) is 17.8. The lowest BCUT2D eigenvalue weighted by atomic mass is 9.69. The number of para-hydroxylation sites is 1. The number of hydrogen-bond donors (Lipinski definition) is 1. The Hall–Kier alpha value is -5.85. The highest BCUT2D eigenvalue weighted by Gasteiger charge is 2.52. The van der Waals surface area contributed by atoms with Crippen LogP contribution in [0.2, 0.25) is 0 Å². The zero-order valence-corrected chi connectivity index (χ0v) is 28.4. The molecule has 5 aromatic rings. The van der Waals surface area contributed by atoms with Crippen molar-refractivity contribution < 1.29 is 0 Å². The van der Waals surface area contributed by atoms with Crippen LogP contribution in [-0.2, 0) is 5.41 Å². The maximum Gasteiger partial charge on any atom is 0.137 e. The summed E-state index contributed by atoms with van der Waals surface area (Å²) < 4.78 is 2.44. The van der Waals surface area contributed by atoms with Gasteiger partial charge in [-0.2, -0.15) is 0 Å². The maximum absolute atomic E-state index is 5.65. The van der Waals surface area contributed by atoms with E-state index in [2.05, 4.69) is 151 Å². The molecule has 240 valence electrons. The highest BCUT2D eigenvalue weighted by Crippen LogP contribution is 2.64. The first-order chi connectivity index (χ1) is 24.5. The monoisotopic (exact) mass is 643 g/mol. The maximum atomic E-state index is 5.65. The zero-order chi connectivity index (χ0) is 33.6. The van der Waals surface area contributed by atoms with Crippen LogP contribution in [-0.4, -0.2) is 16.4 Å². The number of hydrogen-bond acceptors (Lipinski definition) is 2. The Morgan fingerprint density at radius 3 is 2.46 bits per heavy atom. The third kappa shape index (κ3) is 3.74. The van der Waals surface area contributed by atoms with Crippen molar-refractivity contribution in [3.8, 4) is 23.5 Å². The normalized spacial score (nSPS) is 24.5. The van der Waals surface area contributed by atoms with Gasteiger partial charge < -0.3 is 5.32 Å². The first kappa shape index (κ1) is 29.1. The van der Waals surface area contributed by atoms with Crippen LogP contribution in [0.4, 0.5) is 0 Å². The molecule has 0 saturated carbocycles. The number of allylic oxidation sites excluding steroid dienone is 10. The van der Waals surface area contributed by atoms with Crippen molar-refractivity contribution in [1.29, 1.82) is 0 Å². The third-order valence-electron chi connectivity index (χ3n) is 11.8. The number of rotatable bonds is 2. The SMILES string of the molecule is C#C/C=C\C1=C(C)N=C(n2c3ccccc3c3cc4c(cc32)-c2ccccc2C42C3=C(CCC=C3)c3ccccc32)C(C2(C)C=CC=CC2)N1. The van der Waals surface area contributed by atoms with Crippen LogP contribution in [0.15, 0.2) is 155 Å². The molecule has 3 unspecified atom stereocenters. The summed E-state index contributed by atoms with van der Waals surface area (Å²) in [5.74, 6) is 3.66. The molecule has 0 saturated heterocycles. The first-order valence-electron chi connectivity index (χ1n) is 17.8. The van der Waals surface area contributed by atoms with Gasteiger partial charge in [-0.05, 0) is 101 Å². The predicted octanol–water partition coefficient (Wildman–Crippen LogP) is 10.4. The van der Waals surface area contributed by atoms with Crippen molar-refractivity contribution in [3.63, 3.8) is 0 Å². The average Bonchev–Trinajstić information content (AvgIpc) is 3.75. The minimum atomic E-state index is -0.344. The smallest absolute Gasteiger partial charge is 0.137 e. The quantitative estimate of drug-likeness (QED) is 0.191. The van der Waals surface area contributed by atoms with Gasteiger partial charge in [-0.25, -0.2) is 4.99 Å². The summed E-state index contributed by atoms with van der Waals surface area (Å²) in [5, 5.41) is 6.40. The highest BCUT2D eigenvalue weighted by atomic mass is 15.2. The van der Waals surface area contributed by atoms with E-state index in [4.69, 9.17) is 11.4 Å². The number of nitrogens with one attached hydrogen (secondary N) is 1. The number of aliphatic imine (C=N–C) groups is 1. The molecule has 3 atom stereocenters. The van der Waals surface area contributed by atoms with Crippen LogP contribution in [0.5, 0.6) is 0 Å². The molecule has 0 fully saturated rings. The van der Waals surface area contributed by atoms with Gasteiger partial charge in [-0.15, -0.1) is 6.42 Å².